The van der Waals surface area contributed by atoms with E-state index in [4.69, 9.17) is 4.74 Å². The number of nitrogens with one attached hydrogen (secondary N) is 1. The molecule has 5 nitrogen and oxygen atoms in total. The van der Waals surface area contributed by atoms with Crippen LogP contribution in [0.2, 0.25) is 0 Å². The molecule has 0 fully saturated rings. The molecule has 0 aliphatic heterocycles. The van der Waals surface area contributed by atoms with Crippen molar-refractivity contribution in [2.24, 2.45) is 0 Å². The van der Waals surface area contributed by atoms with Gasteiger partial charge in [0, 0.05) is 19.0 Å². The lowest BCUT2D eigenvalue weighted by molar-refractivity contribution is 0.206. The Morgan fingerprint density at radius 3 is 2.61 bits per heavy atom. The fraction of sp³-hybridized carbons (Fsp3) is 0.412. The summed E-state index contributed by atoms with van der Waals surface area (Å²) in [6.45, 7) is 6.95. The molecule has 1 N–H and O–H groups in total. The van der Waals surface area contributed by atoms with Gasteiger partial charge in [0.2, 0.25) is 0 Å². The maximum absolute atomic E-state index is 12.1. The first-order valence-corrected chi connectivity index (χ1v) is 8.47. The number of aromatic nitrogens is 1. The van der Waals surface area contributed by atoms with Crippen molar-refractivity contribution in [2.75, 3.05) is 7.05 Å². The SMILES string of the molecule is Cc1nc(CN(C)C(=O)NCc2ccc(OC(C)C)cc2)cs1. The fourth-order valence-corrected chi connectivity index (χ4v) is 2.67. The Morgan fingerprint density at radius 1 is 1.35 bits per heavy atom. The average Bonchev–Trinajstić information content (AvgIpc) is 2.90. The van der Waals surface area contributed by atoms with Crippen molar-refractivity contribution in [1.29, 1.82) is 0 Å². The Balaban J connectivity index is 1.81. The molecule has 6 heteroatoms. The molecule has 0 atom stereocenters. The predicted molar refractivity (Wildman–Crippen MR) is 92.8 cm³/mol. The minimum absolute atomic E-state index is 0.113. The van der Waals surface area contributed by atoms with E-state index in [-0.39, 0.29) is 12.1 Å². The van der Waals surface area contributed by atoms with Gasteiger partial charge >= 0.3 is 6.03 Å². The van der Waals surface area contributed by atoms with Gasteiger partial charge in [0.15, 0.2) is 0 Å². The monoisotopic (exact) mass is 333 g/mol. The summed E-state index contributed by atoms with van der Waals surface area (Å²) >= 11 is 1.59. The van der Waals surface area contributed by atoms with Crippen molar-refractivity contribution in [1.82, 2.24) is 15.2 Å². The third-order valence-corrected chi connectivity index (χ3v) is 3.97. The molecule has 0 bridgehead atoms. The van der Waals surface area contributed by atoms with Gasteiger partial charge in [-0.3, -0.25) is 0 Å². The molecule has 0 saturated carbocycles. The summed E-state index contributed by atoms with van der Waals surface area (Å²) in [5, 5.41) is 5.90. The normalized spacial score (nSPS) is 10.7. The molecule has 1 heterocycles. The number of nitrogens with zero attached hydrogens (tertiary/aromatic N) is 2. The molecule has 124 valence electrons. The van der Waals surface area contributed by atoms with Crippen LogP contribution in [0.3, 0.4) is 0 Å². The Hall–Kier alpha value is -2.08. The molecule has 2 aromatic rings. The quantitative estimate of drug-likeness (QED) is 0.879. The van der Waals surface area contributed by atoms with Crippen LogP contribution < -0.4 is 10.1 Å². The van der Waals surface area contributed by atoms with Crippen molar-refractivity contribution < 1.29 is 9.53 Å². The summed E-state index contributed by atoms with van der Waals surface area (Å²) in [6.07, 6.45) is 0.156. The number of thiazole rings is 1. The Morgan fingerprint density at radius 2 is 2.04 bits per heavy atom. The molecule has 2 rings (SSSR count). The molecular weight excluding hydrogens is 310 g/mol. The van der Waals surface area contributed by atoms with Gasteiger partial charge in [-0.1, -0.05) is 12.1 Å². The largest absolute Gasteiger partial charge is 0.491 e. The van der Waals surface area contributed by atoms with Gasteiger partial charge in [0.05, 0.1) is 23.4 Å². The highest BCUT2D eigenvalue weighted by molar-refractivity contribution is 7.09. The molecular formula is C17H23N3O2S. The van der Waals surface area contributed by atoms with Gasteiger partial charge < -0.3 is 15.0 Å². The summed E-state index contributed by atoms with van der Waals surface area (Å²) in [4.78, 5) is 18.1. The van der Waals surface area contributed by atoms with Gasteiger partial charge in [-0.2, -0.15) is 0 Å². The molecule has 2 amide bonds. The van der Waals surface area contributed by atoms with E-state index in [0.29, 0.717) is 13.1 Å². The van der Waals surface area contributed by atoms with Crippen LogP contribution >= 0.6 is 11.3 Å². The molecule has 0 saturated heterocycles. The van der Waals surface area contributed by atoms with Gasteiger partial charge in [-0.15, -0.1) is 11.3 Å². The number of hydrogen-bond donors (Lipinski definition) is 1. The fourth-order valence-electron chi connectivity index (χ4n) is 2.07. The van der Waals surface area contributed by atoms with E-state index in [1.165, 1.54) is 0 Å². The van der Waals surface area contributed by atoms with E-state index in [9.17, 15) is 4.79 Å². The number of carbonyl (C=O) groups is 1. The summed E-state index contributed by atoms with van der Waals surface area (Å²) in [5.74, 6) is 0.839. The maximum Gasteiger partial charge on any atom is 0.317 e. The minimum Gasteiger partial charge on any atom is -0.491 e. The molecule has 0 aliphatic rings. The number of benzene rings is 1. The van der Waals surface area contributed by atoms with Crippen LogP contribution in [-0.4, -0.2) is 29.1 Å². The Kier molecular flexibility index (Phi) is 5.98. The van der Waals surface area contributed by atoms with E-state index in [1.54, 1.807) is 23.3 Å². The molecule has 1 aromatic heterocycles. The molecule has 1 aromatic carbocycles. The van der Waals surface area contributed by atoms with E-state index in [2.05, 4.69) is 10.3 Å². The number of amides is 2. The van der Waals surface area contributed by atoms with Gasteiger partial charge in [0.1, 0.15) is 5.75 Å². The highest BCUT2D eigenvalue weighted by atomic mass is 32.1. The Bertz CT molecular complexity index is 638. The van der Waals surface area contributed by atoms with Crippen LogP contribution in [0.4, 0.5) is 4.79 Å². The van der Waals surface area contributed by atoms with Crippen LogP contribution in [-0.2, 0) is 13.1 Å². The predicted octanol–water partition coefficient (Wildman–Crippen LogP) is 3.58. The summed E-state index contributed by atoms with van der Waals surface area (Å²) < 4.78 is 5.60. The lowest BCUT2D eigenvalue weighted by Gasteiger charge is -2.17. The van der Waals surface area contributed by atoms with Crippen molar-refractivity contribution in [2.45, 2.75) is 40.0 Å². The zero-order chi connectivity index (χ0) is 16.8. The number of hydrogen-bond acceptors (Lipinski definition) is 4. The number of urea groups is 1. The highest BCUT2D eigenvalue weighted by Gasteiger charge is 2.10. The lowest BCUT2D eigenvalue weighted by Crippen LogP contribution is -2.36. The number of ether oxygens (including phenoxy) is 1. The lowest BCUT2D eigenvalue weighted by atomic mass is 10.2. The van der Waals surface area contributed by atoms with Gasteiger partial charge in [-0.05, 0) is 38.5 Å². The smallest absolute Gasteiger partial charge is 0.317 e. The third-order valence-electron chi connectivity index (χ3n) is 3.15. The third kappa shape index (κ3) is 5.56. The average molecular weight is 333 g/mol. The number of carbonyl (C=O) groups excluding carboxylic acids is 1. The summed E-state index contributed by atoms with van der Waals surface area (Å²) in [6, 6.07) is 7.65. The van der Waals surface area contributed by atoms with Crippen molar-refractivity contribution in [3.8, 4) is 5.75 Å². The standard InChI is InChI=1S/C17H23N3O2S/c1-12(2)22-16-7-5-14(6-8-16)9-18-17(21)20(4)10-15-11-23-13(3)19-15/h5-8,11-12H,9-10H2,1-4H3,(H,18,21). The second kappa shape index (κ2) is 7.97. The minimum atomic E-state index is -0.113. The maximum atomic E-state index is 12.1. The Labute approximate surface area is 141 Å². The topological polar surface area (TPSA) is 54.5 Å². The molecule has 0 radical (unpaired) electrons. The zero-order valence-corrected chi connectivity index (χ0v) is 14.8. The first-order valence-electron chi connectivity index (χ1n) is 7.59. The highest BCUT2D eigenvalue weighted by Crippen LogP contribution is 2.14. The van der Waals surface area contributed by atoms with Crippen molar-refractivity contribution >= 4 is 17.4 Å². The van der Waals surface area contributed by atoms with E-state index >= 15 is 0 Å². The first kappa shape index (κ1) is 17.3. The number of rotatable bonds is 6. The molecule has 23 heavy (non-hydrogen) atoms. The van der Waals surface area contributed by atoms with Gasteiger partial charge in [0.25, 0.3) is 0 Å². The molecule has 0 unspecified atom stereocenters. The van der Waals surface area contributed by atoms with Crippen LogP contribution in [0.15, 0.2) is 29.6 Å². The van der Waals surface area contributed by atoms with Gasteiger partial charge in [-0.25, -0.2) is 9.78 Å². The van der Waals surface area contributed by atoms with Crippen LogP contribution in [0.25, 0.3) is 0 Å². The second-order valence-electron chi connectivity index (χ2n) is 5.68. The number of aryl methyl sites for hydroxylation is 1. The van der Waals surface area contributed by atoms with E-state index < -0.39 is 0 Å². The van der Waals surface area contributed by atoms with Crippen molar-refractivity contribution in [3.05, 3.63) is 45.9 Å². The van der Waals surface area contributed by atoms with E-state index in [0.717, 1.165) is 22.0 Å². The van der Waals surface area contributed by atoms with E-state index in [1.807, 2.05) is 50.4 Å². The molecule has 0 aliphatic carbocycles. The molecule has 0 spiro atoms. The van der Waals surface area contributed by atoms with Crippen molar-refractivity contribution in [3.63, 3.8) is 0 Å². The first-order chi connectivity index (χ1) is 10.9. The summed E-state index contributed by atoms with van der Waals surface area (Å²) in [7, 11) is 1.77. The van der Waals surface area contributed by atoms with Crippen LogP contribution in [0.5, 0.6) is 5.75 Å². The van der Waals surface area contributed by atoms with Crippen LogP contribution in [0, 0.1) is 6.92 Å². The zero-order valence-electron chi connectivity index (χ0n) is 14.0. The summed E-state index contributed by atoms with van der Waals surface area (Å²) in [5.41, 5.74) is 1.95. The second-order valence-corrected chi connectivity index (χ2v) is 6.75. The van der Waals surface area contributed by atoms with Crippen LogP contribution in [0.1, 0.15) is 30.1 Å².